The van der Waals surface area contributed by atoms with Gasteiger partial charge in [-0.25, -0.2) is 0 Å². The number of aryl methyl sites for hydroxylation is 1. The zero-order chi connectivity index (χ0) is 22.7. The van der Waals surface area contributed by atoms with E-state index in [9.17, 15) is 4.79 Å². The largest absolute Gasteiger partial charge is 0.497 e. The molecule has 1 amide bonds. The van der Waals surface area contributed by atoms with E-state index in [0.29, 0.717) is 23.6 Å². The Hall–Kier alpha value is -3.57. The van der Waals surface area contributed by atoms with Crippen LogP contribution in [0, 0.1) is 6.92 Å². The van der Waals surface area contributed by atoms with Crippen molar-refractivity contribution >= 4 is 39.5 Å². The van der Waals surface area contributed by atoms with Crippen LogP contribution in [0.5, 0.6) is 11.5 Å². The molecule has 4 aromatic rings. The third-order valence-electron chi connectivity index (χ3n) is 4.64. The Kier molecular flexibility index (Phi) is 6.28. The second kappa shape index (κ2) is 9.28. The Morgan fingerprint density at radius 2 is 1.78 bits per heavy atom. The molecule has 0 saturated carbocycles. The normalized spacial score (nSPS) is 10.7. The number of carbonyl (C=O) groups is 1. The quantitative estimate of drug-likeness (QED) is 0.417. The van der Waals surface area contributed by atoms with Gasteiger partial charge in [0.25, 0.3) is 5.91 Å². The van der Waals surface area contributed by atoms with Crippen molar-refractivity contribution in [2.45, 2.75) is 13.5 Å². The summed E-state index contributed by atoms with van der Waals surface area (Å²) in [5.74, 6) is 1.45. The van der Waals surface area contributed by atoms with Crippen molar-refractivity contribution in [2.24, 2.45) is 0 Å². The number of carbonyl (C=O) groups excluding carboxylic acids is 1. The second-order valence-corrected chi connectivity index (χ2v) is 8.15. The van der Waals surface area contributed by atoms with E-state index in [1.807, 2.05) is 31.2 Å². The maximum atomic E-state index is 12.5. The molecule has 0 spiro atoms. The predicted molar refractivity (Wildman–Crippen MR) is 125 cm³/mol. The molecule has 0 fully saturated rings. The van der Waals surface area contributed by atoms with Gasteiger partial charge in [0.15, 0.2) is 10.9 Å². The van der Waals surface area contributed by atoms with Crippen LogP contribution in [-0.4, -0.2) is 45.1 Å². The maximum absolute atomic E-state index is 12.5. The zero-order valence-electron chi connectivity index (χ0n) is 17.6. The highest BCUT2D eigenvalue weighted by atomic mass is 32.1. The van der Waals surface area contributed by atoms with Crippen LogP contribution in [-0.2, 0) is 6.54 Å². The number of nitrogens with one attached hydrogen (secondary N) is 2. The van der Waals surface area contributed by atoms with Gasteiger partial charge in [0.1, 0.15) is 16.5 Å². The lowest BCUT2D eigenvalue weighted by atomic mass is 10.1. The summed E-state index contributed by atoms with van der Waals surface area (Å²) in [6.07, 6.45) is 0. The van der Waals surface area contributed by atoms with E-state index >= 15 is 0 Å². The number of thiocarbonyl (C=S) groups is 1. The Labute approximate surface area is 193 Å². The summed E-state index contributed by atoms with van der Waals surface area (Å²) in [4.78, 5) is 13.3. The molecule has 0 unspecified atom stereocenters. The molecule has 164 valence electrons. The van der Waals surface area contributed by atoms with Gasteiger partial charge in [-0.05, 0) is 36.8 Å². The van der Waals surface area contributed by atoms with Crippen molar-refractivity contribution in [3.8, 4) is 22.1 Å². The van der Waals surface area contributed by atoms with Crippen molar-refractivity contribution in [2.75, 3.05) is 14.2 Å². The minimum Gasteiger partial charge on any atom is -0.497 e. The highest BCUT2D eigenvalue weighted by molar-refractivity contribution is 7.80. The van der Waals surface area contributed by atoms with Crippen molar-refractivity contribution in [1.29, 1.82) is 0 Å². The third-order valence-corrected chi connectivity index (χ3v) is 5.84. The summed E-state index contributed by atoms with van der Waals surface area (Å²) in [5, 5.41) is 19.4. The van der Waals surface area contributed by atoms with E-state index in [2.05, 4.69) is 25.9 Å². The first-order valence-electron chi connectivity index (χ1n) is 9.57. The molecule has 2 aromatic heterocycles. The summed E-state index contributed by atoms with van der Waals surface area (Å²) in [6, 6.07) is 12.9. The van der Waals surface area contributed by atoms with Gasteiger partial charge in [0, 0.05) is 23.7 Å². The molecular formula is C21H20N6O3S2. The molecule has 2 heterocycles. The number of amides is 1. The number of rotatable bonds is 6. The molecule has 32 heavy (non-hydrogen) atoms. The SMILES string of the molecule is COc1cc(OC)cc(C(=O)NC(=S)NCc2ccc(-c3nn4c(C)nnc4s3)cc2)c1. The fraction of sp³-hybridized carbons (Fsp3) is 0.190. The summed E-state index contributed by atoms with van der Waals surface area (Å²) >= 11 is 6.75. The van der Waals surface area contributed by atoms with Crippen LogP contribution in [0.3, 0.4) is 0 Å². The molecule has 0 aliphatic rings. The summed E-state index contributed by atoms with van der Waals surface area (Å²) in [5.41, 5.74) is 2.38. The van der Waals surface area contributed by atoms with Crippen LogP contribution in [0.4, 0.5) is 0 Å². The molecular weight excluding hydrogens is 448 g/mol. The number of hydrogen-bond acceptors (Lipinski definition) is 8. The monoisotopic (exact) mass is 468 g/mol. The molecule has 2 N–H and O–H groups in total. The number of ether oxygens (including phenoxy) is 2. The molecule has 0 saturated heterocycles. The number of nitrogens with zero attached hydrogens (tertiary/aromatic N) is 4. The molecule has 0 bridgehead atoms. The molecule has 0 radical (unpaired) electrons. The lowest BCUT2D eigenvalue weighted by Gasteiger charge is -2.11. The van der Waals surface area contributed by atoms with E-state index in [1.165, 1.54) is 25.6 Å². The standard InChI is InChI=1S/C21H20N6O3S2/c1-12-24-25-21-27(12)26-19(32-21)14-6-4-13(5-7-14)11-22-20(31)23-18(28)15-8-16(29-2)10-17(9-15)30-3/h4-10H,11H2,1-3H3,(H2,22,23,28,31). The van der Waals surface area contributed by atoms with Gasteiger partial charge in [-0.1, -0.05) is 35.6 Å². The average Bonchev–Trinajstić information content (AvgIpc) is 3.39. The zero-order valence-corrected chi connectivity index (χ0v) is 19.2. The molecule has 0 aliphatic heterocycles. The summed E-state index contributed by atoms with van der Waals surface area (Å²) < 4.78 is 12.1. The number of hydrogen-bond donors (Lipinski definition) is 2. The fourth-order valence-electron chi connectivity index (χ4n) is 2.94. The van der Waals surface area contributed by atoms with E-state index in [4.69, 9.17) is 21.7 Å². The lowest BCUT2D eigenvalue weighted by Crippen LogP contribution is -2.38. The second-order valence-electron chi connectivity index (χ2n) is 6.78. The van der Waals surface area contributed by atoms with E-state index < -0.39 is 0 Å². The van der Waals surface area contributed by atoms with Gasteiger partial charge in [-0.15, -0.1) is 10.2 Å². The number of aromatic nitrogens is 4. The summed E-state index contributed by atoms with van der Waals surface area (Å²) in [6.45, 7) is 2.33. The van der Waals surface area contributed by atoms with Crippen molar-refractivity contribution in [3.63, 3.8) is 0 Å². The van der Waals surface area contributed by atoms with Crippen LogP contribution in [0.25, 0.3) is 15.5 Å². The smallest absolute Gasteiger partial charge is 0.257 e. The van der Waals surface area contributed by atoms with E-state index in [-0.39, 0.29) is 11.0 Å². The first-order chi connectivity index (χ1) is 15.5. The summed E-state index contributed by atoms with van der Waals surface area (Å²) in [7, 11) is 3.05. The molecule has 2 aromatic carbocycles. The average molecular weight is 469 g/mol. The van der Waals surface area contributed by atoms with Gasteiger partial charge in [0.2, 0.25) is 4.96 Å². The minimum atomic E-state index is -0.353. The Morgan fingerprint density at radius 1 is 1.09 bits per heavy atom. The Balaban J connectivity index is 1.35. The number of benzene rings is 2. The van der Waals surface area contributed by atoms with E-state index in [1.54, 1.807) is 22.7 Å². The molecule has 11 heteroatoms. The first-order valence-corrected chi connectivity index (χ1v) is 10.8. The van der Waals surface area contributed by atoms with E-state index in [0.717, 1.165) is 26.9 Å². The van der Waals surface area contributed by atoms with Crippen LogP contribution < -0.4 is 20.1 Å². The van der Waals surface area contributed by atoms with Gasteiger partial charge >= 0.3 is 0 Å². The van der Waals surface area contributed by atoms with Gasteiger partial charge in [-0.2, -0.15) is 9.61 Å². The van der Waals surface area contributed by atoms with Gasteiger partial charge in [0.05, 0.1) is 14.2 Å². The first kappa shape index (κ1) is 21.7. The fourth-order valence-corrected chi connectivity index (χ4v) is 3.99. The molecule has 4 rings (SSSR count). The molecule has 0 aliphatic carbocycles. The highest BCUT2D eigenvalue weighted by Gasteiger charge is 2.12. The third kappa shape index (κ3) is 4.68. The van der Waals surface area contributed by atoms with Crippen LogP contribution in [0.2, 0.25) is 0 Å². The molecule has 0 atom stereocenters. The minimum absolute atomic E-state index is 0.227. The predicted octanol–water partition coefficient (Wildman–Crippen LogP) is 2.98. The van der Waals surface area contributed by atoms with Crippen LogP contribution >= 0.6 is 23.6 Å². The van der Waals surface area contributed by atoms with Gasteiger partial charge < -0.3 is 14.8 Å². The van der Waals surface area contributed by atoms with Crippen molar-refractivity contribution in [3.05, 3.63) is 59.4 Å². The van der Waals surface area contributed by atoms with Crippen LogP contribution in [0.1, 0.15) is 21.7 Å². The van der Waals surface area contributed by atoms with Gasteiger partial charge in [-0.3, -0.25) is 10.1 Å². The van der Waals surface area contributed by atoms with Crippen molar-refractivity contribution < 1.29 is 14.3 Å². The Morgan fingerprint density at radius 3 is 2.41 bits per heavy atom. The van der Waals surface area contributed by atoms with Crippen molar-refractivity contribution in [1.82, 2.24) is 30.4 Å². The number of fused-ring (bicyclic) bond motifs is 1. The highest BCUT2D eigenvalue weighted by Crippen LogP contribution is 2.25. The molecule has 9 nitrogen and oxygen atoms in total. The Bertz CT molecular complexity index is 1260. The van der Waals surface area contributed by atoms with Crippen LogP contribution in [0.15, 0.2) is 42.5 Å². The maximum Gasteiger partial charge on any atom is 0.257 e. The topological polar surface area (TPSA) is 103 Å². The number of methoxy groups -OCH3 is 2. The lowest BCUT2D eigenvalue weighted by molar-refractivity contribution is 0.0976.